The van der Waals surface area contributed by atoms with Crippen molar-refractivity contribution in [2.45, 2.75) is 62.5 Å². The van der Waals surface area contributed by atoms with Crippen LogP contribution in [0.3, 0.4) is 0 Å². The fourth-order valence-electron chi connectivity index (χ4n) is 5.72. The van der Waals surface area contributed by atoms with Crippen LogP contribution in [0.4, 0.5) is 0 Å². The molecule has 2 bridgehead atoms. The minimum atomic E-state index is -3.67. The van der Waals surface area contributed by atoms with Crippen molar-refractivity contribution in [3.8, 4) is 0 Å². The zero-order chi connectivity index (χ0) is 29.1. The second kappa shape index (κ2) is 11.8. The molecular formula is C32H35NO7S. The Morgan fingerprint density at radius 3 is 1.95 bits per heavy atom. The summed E-state index contributed by atoms with van der Waals surface area (Å²) in [6.07, 6.45) is 1.52. The molecule has 1 aliphatic heterocycles. The molecule has 1 aliphatic carbocycles. The maximum absolute atomic E-state index is 13.5. The van der Waals surface area contributed by atoms with Crippen LogP contribution in [0.15, 0.2) is 95.9 Å². The molecule has 0 unspecified atom stereocenters. The standard InChI is InChI=1S/C32H35NO7S/c1-24-18-19-27-20-32(24,40-39-31(27,2)23-41(36,37)28-16-10-5-11-17-28)38-30(35)29(34)33(21-25-12-6-3-7-13-25)22-26-14-8-4-9-15-26/h3-17,24,27H,18-23H2,1-2H3/t24-,27-,31-,32-/m1/s1. The Morgan fingerprint density at radius 1 is 0.854 bits per heavy atom. The Morgan fingerprint density at radius 2 is 1.39 bits per heavy atom. The van der Waals surface area contributed by atoms with Gasteiger partial charge >= 0.3 is 11.9 Å². The average Bonchev–Trinajstić information content (AvgIpc) is 2.98. The van der Waals surface area contributed by atoms with E-state index in [1.807, 2.05) is 67.6 Å². The number of amides is 1. The Bertz CT molecular complexity index is 1420. The van der Waals surface area contributed by atoms with Gasteiger partial charge in [0.2, 0.25) is 5.79 Å². The van der Waals surface area contributed by atoms with Crippen molar-refractivity contribution in [2.24, 2.45) is 11.8 Å². The quantitative estimate of drug-likeness (QED) is 0.209. The third-order valence-electron chi connectivity index (χ3n) is 8.21. The molecule has 0 radical (unpaired) electrons. The van der Waals surface area contributed by atoms with Crippen molar-refractivity contribution in [3.63, 3.8) is 0 Å². The zero-order valence-corrected chi connectivity index (χ0v) is 24.1. The predicted molar refractivity (Wildman–Crippen MR) is 152 cm³/mol. The third kappa shape index (κ3) is 6.37. The fraction of sp³-hybridized carbons (Fsp3) is 0.375. The molecule has 1 saturated heterocycles. The molecule has 2 aliphatic rings. The summed E-state index contributed by atoms with van der Waals surface area (Å²) >= 11 is 0. The van der Waals surface area contributed by atoms with E-state index in [0.29, 0.717) is 12.8 Å². The number of carbonyl (C=O) groups excluding carboxylic acids is 2. The topological polar surface area (TPSA) is 99.2 Å². The predicted octanol–water partition coefficient (Wildman–Crippen LogP) is 5.09. The van der Waals surface area contributed by atoms with Crippen molar-refractivity contribution >= 4 is 21.7 Å². The first kappa shape index (κ1) is 29.0. The van der Waals surface area contributed by atoms with Crippen LogP contribution in [0, 0.1) is 11.8 Å². The van der Waals surface area contributed by atoms with Gasteiger partial charge in [-0.3, -0.25) is 4.79 Å². The van der Waals surface area contributed by atoms with Gasteiger partial charge in [-0.1, -0.05) is 85.8 Å². The molecule has 9 heteroatoms. The van der Waals surface area contributed by atoms with Crippen LogP contribution >= 0.6 is 0 Å². The summed E-state index contributed by atoms with van der Waals surface area (Å²) in [4.78, 5) is 40.2. The molecule has 8 nitrogen and oxygen atoms in total. The maximum Gasteiger partial charge on any atom is 0.399 e. The number of sulfone groups is 1. The highest BCUT2D eigenvalue weighted by atomic mass is 32.2. The summed E-state index contributed by atoms with van der Waals surface area (Å²) in [5.74, 6) is -4.12. The van der Waals surface area contributed by atoms with E-state index >= 15 is 0 Å². The first-order valence-electron chi connectivity index (χ1n) is 13.8. The molecule has 2 fully saturated rings. The van der Waals surface area contributed by atoms with Gasteiger partial charge in [0.05, 0.1) is 10.6 Å². The van der Waals surface area contributed by atoms with E-state index < -0.39 is 33.1 Å². The minimum absolute atomic E-state index is 0.208. The van der Waals surface area contributed by atoms with Gasteiger partial charge in [0, 0.05) is 25.4 Å². The molecule has 41 heavy (non-hydrogen) atoms. The van der Waals surface area contributed by atoms with Crippen molar-refractivity contribution in [1.29, 1.82) is 0 Å². The van der Waals surface area contributed by atoms with E-state index in [1.54, 1.807) is 37.3 Å². The van der Waals surface area contributed by atoms with E-state index in [4.69, 9.17) is 14.5 Å². The molecular weight excluding hydrogens is 542 g/mol. The van der Waals surface area contributed by atoms with Gasteiger partial charge in [0.15, 0.2) is 9.84 Å². The average molecular weight is 578 g/mol. The van der Waals surface area contributed by atoms with E-state index in [0.717, 1.165) is 11.1 Å². The van der Waals surface area contributed by atoms with Gasteiger partial charge < -0.3 is 9.64 Å². The molecule has 4 atom stereocenters. The summed E-state index contributed by atoms with van der Waals surface area (Å²) in [5.41, 5.74) is 0.601. The summed E-state index contributed by atoms with van der Waals surface area (Å²) in [5, 5.41) is 0. The Hall–Kier alpha value is -3.53. The van der Waals surface area contributed by atoms with Crippen LogP contribution < -0.4 is 0 Å². The lowest BCUT2D eigenvalue weighted by Gasteiger charge is -2.52. The minimum Gasteiger partial charge on any atom is -0.423 e. The summed E-state index contributed by atoms with van der Waals surface area (Å²) in [6.45, 7) is 4.04. The molecule has 1 heterocycles. The largest absolute Gasteiger partial charge is 0.423 e. The summed E-state index contributed by atoms with van der Waals surface area (Å²) in [6, 6.07) is 27.1. The van der Waals surface area contributed by atoms with Crippen LogP contribution in [0.1, 0.15) is 44.2 Å². The highest BCUT2D eigenvalue weighted by molar-refractivity contribution is 7.91. The lowest BCUT2D eigenvalue weighted by molar-refractivity contribution is -0.506. The van der Waals surface area contributed by atoms with Crippen LogP contribution in [0.5, 0.6) is 0 Å². The number of hydrogen-bond acceptors (Lipinski definition) is 7. The number of esters is 1. The van der Waals surface area contributed by atoms with Crippen LogP contribution in [-0.2, 0) is 47.0 Å². The SMILES string of the molecule is C[C@@H]1CC[C@@H]2C[C@@]1(OC(=O)C(=O)N(Cc1ccccc1)Cc1ccccc1)OO[C@]2(C)CS(=O)(=O)c1ccccc1. The monoisotopic (exact) mass is 577 g/mol. The van der Waals surface area contributed by atoms with E-state index in [9.17, 15) is 18.0 Å². The molecule has 0 aromatic heterocycles. The molecule has 3 aromatic rings. The van der Waals surface area contributed by atoms with Crippen molar-refractivity contribution < 1.29 is 32.5 Å². The number of nitrogens with zero attached hydrogens (tertiary/aromatic N) is 1. The number of hydrogen-bond donors (Lipinski definition) is 0. The maximum atomic E-state index is 13.5. The number of benzene rings is 3. The first-order chi connectivity index (χ1) is 19.6. The van der Waals surface area contributed by atoms with Gasteiger partial charge in [-0.25, -0.2) is 18.1 Å². The van der Waals surface area contributed by atoms with Gasteiger partial charge in [-0.2, -0.15) is 4.89 Å². The molecule has 0 N–H and O–H groups in total. The van der Waals surface area contributed by atoms with Crippen molar-refractivity contribution in [2.75, 3.05) is 5.75 Å². The fourth-order valence-corrected chi connectivity index (χ4v) is 7.49. The lowest BCUT2D eigenvalue weighted by Crippen LogP contribution is -2.61. The molecule has 0 spiro atoms. The third-order valence-corrected chi connectivity index (χ3v) is 10.1. The second-order valence-corrected chi connectivity index (χ2v) is 13.3. The summed E-state index contributed by atoms with van der Waals surface area (Å²) in [7, 11) is -3.67. The van der Waals surface area contributed by atoms with E-state index in [1.165, 1.54) is 4.90 Å². The van der Waals surface area contributed by atoms with Crippen LogP contribution in [0.25, 0.3) is 0 Å². The molecule has 1 amide bonds. The van der Waals surface area contributed by atoms with Crippen molar-refractivity contribution in [3.05, 3.63) is 102 Å². The van der Waals surface area contributed by atoms with E-state index in [-0.39, 0.29) is 42.0 Å². The Balaban J connectivity index is 1.33. The van der Waals surface area contributed by atoms with Gasteiger partial charge in [-0.15, -0.1) is 0 Å². The zero-order valence-electron chi connectivity index (χ0n) is 23.3. The molecule has 5 rings (SSSR count). The highest BCUT2D eigenvalue weighted by Gasteiger charge is 2.59. The smallest absolute Gasteiger partial charge is 0.399 e. The Labute approximate surface area is 241 Å². The van der Waals surface area contributed by atoms with Crippen LogP contribution in [-0.4, -0.2) is 42.3 Å². The molecule has 1 saturated carbocycles. The van der Waals surface area contributed by atoms with Crippen LogP contribution in [0.2, 0.25) is 0 Å². The number of fused-ring (bicyclic) bond motifs is 2. The van der Waals surface area contributed by atoms with Gasteiger partial charge in [-0.05, 0) is 48.9 Å². The Kier molecular flexibility index (Phi) is 8.31. The second-order valence-electron chi connectivity index (χ2n) is 11.3. The van der Waals surface area contributed by atoms with Gasteiger partial charge in [0.25, 0.3) is 0 Å². The highest BCUT2D eigenvalue weighted by Crippen LogP contribution is 2.50. The van der Waals surface area contributed by atoms with Gasteiger partial charge in [0.1, 0.15) is 5.60 Å². The first-order valence-corrected chi connectivity index (χ1v) is 15.5. The number of carbonyl (C=O) groups is 2. The van der Waals surface area contributed by atoms with Crippen molar-refractivity contribution in [1.82, 2.24) is 4.90 Å². The van der Waals surface area contributed by atoms with E-state index in [2.05, 4.69) is 0 Å². The molecule has 216 valence electrons. The summed E-state index contributed by atoms with van der Waals surface area (Å²) < 4.78 is 32.2. The normalized spacial score (nSPS) is 25.7. The lowest BCUT2D eigenvalue weighted by atomic mass is 9.71. The molecule has 3 aromatic carbocycles. The number of rotatable bonds is 8. The number of ether oxygens (including phenoxy) is 1.